The molecule has 70 valence electrons. The van der Waals surface area contributed by atoms with Crippen molar-refractivity contribution in [1.29, 1.82) is 0 Å². The Morgan fingerprint density at radius 1 is 1.50 bits per heavy atom. The molecule has 0 aromatic rings. The Bertz CT molecular complexity index is 154. The number of rotatable bonds is 4. The molecule has 1 saturated heterocycles. The average Bonchev–Trinajstić information content (AvgIpc) is 1.95. The molecule has 0 aromatic carbocycles. The first kappa shape index (κ1) is 9.79. The third kappa shape index (κ3) is 1.71. The Morgan fingerprint density at radius 2 is 2.08 bits per heavy atom. The Balaban J connectivity index is 2.40. The quantitative estimate of drug-likeness (QED) is 0.582. The van der Waals surface area contributed by atoms with Gasteiger partial charge in [0.15, 0.2) is 0 Å². The molecule has 0 atom stereocenters. The average molecular weight is 167 g/mol. The molecule has 1 heterocycles. The van der Waals surface area contributed by atoms with Crippen molar-refractivity contribution in [1.82, 2.24) is 4.90 Å². The van der Waals surface area contributed by atoms with Crippen molar-refractivity contribution in [3.63, 3.8) is 0 Å². The van der Waals surface area contributed by atoms with Gasteiger partial charge in [0.2, 0.25) is 0 Å². The monoisotopic (exact) mass is 167 g/mol. The van der Waals surface area contributed by atoms with Crippen LogP contribution in [0.5, 0.6) is 0 Å². The van der Waals surface area contributed by atoms with Crippen LogP contribution in [0.25, 0.3) is 0 Å². The molecule has 0 aliphatic carbocycles. The lowest BCUT2D eigenvalue weighted by Gasteiger charge is -2.52. The first-order chi connectivity index (χ1) is 5.63. The highest BCUT2D eigenvalue weighted by Gasteiger charge is 2.40. The summed E-state index contributed by atoms with van der Waals surface area (Å²) in [6.07, 6.45) is 4.55. The maximum Gasteiger partial charge on any atom is 0.00561 e. The van der Waals surface area contributed by atoms with E-state index in [0.717, 1.165) is 6.04 Å². The van der Waals surface area contributed by atoms with Gasteiger partial charge >= 0.3 is 0 Å². The highest BCUT2D eigenvalue weighted by molar-refractivity contribution is 4.98. The first-order valence-electron chi connectivity index (χ1n) is 4.98. The zero-order valence-electron chi connectivity index (χ0n) is 8.64. The van der Waals surface area contributed by atoms with Crippen LogP contribution in [0.2, 0.25) is 0 Å². The number of hydrogen-bond acceptors (Lipinski definition) is 1. The largest absolute Gasteiger partial charge is 0.300 e. The van der Waals surface area contributed by atoms with Gasteiger partial charge in [-0.1, -0.05) is 13.0 Å². The van der Waals surface area contributed by atoms with Crippen LogP contribution < -0.4 is 0 Å². The summed E-state index contributed by atoms with van der Waals surface area (Å²) in [5.41, 5.74) is 0.575. The van der Waals surface area contributed by atoms with Crippen LogP contribution in [0, 0.1) is 5.41 Å². The molecule has 0 radical (unpaired) electrons. The van der Waals surface area contributed by atoms with Crippen LogP contribution >= 0.6 is 0 Å². The van der Waals surface area contributed by atoms with Crippen LogP contribution in [0.1, 0.15) is 33.6 Å². The minimum Gasteiger partial charge on any atom is -0.300 e. The first-order valence-corrected chi connectivity index (χ1v) is 4.98. The Hall–Kier alpha value is -0.300. The summed E-state index contributed by atoms with van der Waals surface area (Å²) in [6, 6.07) is 0.717. The van der Waals surface area contributed by atoms with Gasteiger partial charge in [0, 0.05) is 19.1 Å². The van der Waals surface area contributed by atoms with E-state index < -0.39 is 0 Å². The van der Waals surface area contributed by atoms with Crippen molar-refractivity contribution in [2.45, 2.75) is 39.7 Å². The maximum atomic E-state index is 3.83. The maximum absolute atomic E-state index is 3.83. The van der Waals surface area contributed by atoms with Gasteiger partial charge < -0.3 is 0 Å². The molecule has 1 aliphatic heterocycles. The van der Waals surface area contributed by atoms with Crippen molar-refractivity contribution >= 4 is 0 Å². The minimum atomic E-state index is 0.575. The molecular weight excluding hydrogens is 146 g/mol. The van der Waals surface area contributed by atoms with E-state index in [2.05, 4.69) is 38.3 Å². The van der Waals surface area contributed by atoms with Gasteiger partial charge in [0.05, 0.1) is 0 Å². The Morgan fingerprint density at radius 3 is 2.42 bits per heavy atom. The molecule has 0 N–H and O–H groups in total. The number of nitrogens with zero attached hydrogens (tertiary/aromatic N) is 1. The topological polar surface area (TPSA) is 3.24 Å². The zero-order valence-corrected chi connectivity index (χ0v) is 8.64. The summed E-state index contributed by atoms with van der Waals surface area (Å²) in [4.78, 5) is 2.53. The predicted molar refractivity (Wildman–Crippen MR) is 54.2 cm³/mol. The van der Waals surface area contributed by atoms with Crippen LogP contribution in [0.15, 0.2) is 12.7 Å². The molecule has 0 amide bonds. The van der Waals surface area contributed by atoms with Crippen LogP contribution in [-0.2, 0) is 0 Å². The van der Waals surface area contributed by atoms with E-state index in [4.69, 9.17) is 0 Å². The summed E-state index contributed by atoms with van der Waals surface area (Å²) in [7, 11) is 0. The fourth-order valence-corrected chi connectivity index (χ4v) is 1.98. The molecule has 1 aliphatic rings. The summed E-state index contributed by atoms with van der Waals surface area (Å²) < 4.78 is 0. The molecular formula is C11H21N. The van der Waals surface area contributed by atoms with E-state index in [-0.39, 0.29) is 0 Å². The Kier molecular flexibility index (Phi) is 2.94. The number of allylic oxidation sites excluding steroid dienone is 1. The SMILES string of the molecule is C=CCC1(CC)CN(C(C)C)C1. The minimum absolute atomic E-state index is 0.575. The molecule has 0 bridgehead atoms. The third-order valence-electron chi connectivity index (χ3n) is 3.13. The molecule has 0 spiro atoms. The standard InChI is InChI=1S/C11H21N/c1-5-7-11(6-2)8-12(9-11)10(3)4/h5,10H,1,6-9H2,2-4H3. The fraction of sp³-hybridized carbons (Fsp3) is 0.818. The van der Waals surface area contributed by atoms with Crippen molar-refractivity contribution in [3.05, 3.63) is 12.7 Å². The van der Waals surface area contributed by atoms with E-state index in [1.807, 2.05) is 0 Å². The second kappa shape index (κ2) is 3.61. The van der Waals surface area contributed by atoms with Gasteiger partial charge in [-0.05, 0) is 32.1 Å². The lowest BCUT2D eigenvalue weighted by molar-refractivity contribution is -0.0224. The summed E-state index contributed by atoms with van der Waals surface area (Å²) in [6.45, 7) is 13.2. The summed E-state index contributed by atoms with van der Waals surface area (Å²) >= 11 is 0. The second-order valence-electron chi connectivity index (χ2n) is 4.35. The zero-order chi connectivity index (χ0) is 9.19. The molecule has 1 fully saturated rings. The van der Waals surface area contributed by atoms with Crippen LogP contribution in [0.4, 0.5) is 0 Å². The lowest BCUT2D eigenvalue weighted by atomic mass is 9.74. The molecule has 0 saturated carbocycles. The third-order valence-corrected chi connectivity index (χ3v) is 3.13. The van der Waals surface area contributed by atoms with Gasteiger partial charge in [-0.3, -0.25) is 4.90 Å². The highest BCUT2D eigenvalue weighted by Crippen LogP contribution is 2.38. The van der Waals surface area contributed by atoms with Crippen molar-refractivity contribution in [3.8, 4) is 0 Å². The summed E-state index contributed by atoms with van der Waals surface area (Å²) in [5, 5.41) is 0. The molecule has 12 heavy (non-hydrogen) atoms. The Labute approximate surface area is 76.5 Å². The normalized spacial score (nSPS) is 22.3. The van der Waals surface area contributed by atoms with Crippen molar-refractivity contribution in [2.75, 3.05) is 13.1 Å². The van der Waals surface area contributed by atoms with Gasteiger partial charge in [-0.15, -0.1) is 6.58 Å². The number of likely N-dealkylation sites (tertiary alicyclic amines) is 1. The molecule has 1 rings (SSSR count). The molecule has 0 aromatic heterocycles. The highest BCUT2D eigenvalue weighted by atomic mass is 15.2. The molecule has 0 unspecified atom stereocenters. The van der Waals surface area contributed by atoms with Gasteiger partial charge in [-0.2, -0.15) is 0 Å². The van der Waals surface area contributed by atoms with Crippen LogP contribution in [0.3, 0.4) is 0 Å². The van der Waals surface area contributed by atoms with E-state index in [1.165, 1.54) is 25.9 Å². The van der Waals surface area contributed by atoms with Gasteiger partial charge in [0.1, 0.15) is 0 Å². The lowest BCUT2D eigenvalue weighted by Crippen LogP contribution is -2.58. The predicted octanol–water partition coefficient (Wildman–Crippen LogP) is 2.68. The van der Waals surface area contributed by atoms with E-state index in [0.29, 0.717) is 5.41 Å². The second-order valence-corrected chi connectivity index (χ2v) is 4.35. The molecule has 1 heteroatoms. The van der Waals surface area contributed by atoms with E-state index in [1.54, 1.807) is 0 Å². The van der Waals surface area contributed by atoms with Crippen LogP contribution in [-0.4, -0.2) is 24.0 Å². The van der Waals surface area contributed by atoms with Gasteiger partial charge in [-0.25, -0.2) is 0 Å². The van der Waals surface area contributed by atoms with E-state index in [9.17, 15) is 0 Å². The molecule has 1 nitrogen and oxygen atoms in total. The van der Waals surface area contributed by atoms with Gasteiger partial charge in [0.25, 0.3) is 0 Å². The van der Waals surface area contributed by atoms with Crippen molar-refractivity contribution in [2.24, 2.45) is 5.41 Å². The summed E-state index contributed by atoms with van der Waals surface area (Å²) in [5.74, 6) is 0. The van der Waals surface area contributed by atoms with E-state index >= 15 is 0 Å². The smallest absolute Gasteiger partial charge is 0.00561 e. The number of hydrogen-bond donors (Lipinski definition) is 0. The fourth-order valence-electron chi connectivity index (χ4n) is 1.98. The van der Waals surface area contributed by atoms with Crippen molar-refractivity contribution < 1.29 is 0 Å².